The molecule has 2 rings (SSSR count). The van der Waals surface area contributed by atoms with Gasteiger partial charge in [0.25, 0.3) is 0 Å². The maximum Gasteiger partial charge on any atom is 0.107 e. The Morgan fingerprint density at radius 3 is 3.21 bits per heavy atom. The van der Waals surface area contributed by atoms with Gasteiger partial charge in [-0.1, -0.05) is 0 Å². The lowest BCUT2D eigenvalue weighted by atomic mass is 10.4. The van der Waals surface area contributed by atoms with Gasteiger partial charge in [0.1, 0.15) is 5.82 Å². The molecule has 0 unspecified atom stereocenters. The lowest BCUT2D eigenvalue weighted by Gasteiger charge is -2.00. The molecule has 4 nitrogen and oxygen atoms in total. The highest BCUT2D eigenvalue weighted by atomic mass is 32.1. The van der Waals surface area contributed by atoms with E-state index >= 15 is 0 Å². The smallest absolute Gasteiger partial charge is 0.107 e. The second-order valence-corrected chi connectivity index (χ2v) is 3.90. The molecule has 2 aromatic heterocycles. The Balaban J connectivity index is 1.65. The predicted molar refractivity (Wildman–Crippen MR) is 56.1 cm³/mol. The molecule has 0 aliphatic rings. The first kappa shape index (κ1) is 9.36. The number of aromatic nitrogens is 3. The molecule has 5 heteroatoms. The summed E-state index contributed by atoms with van der Waals surface area (Å²) in [4.78, 5) is 12.5. The van der Waals surface area contributed by atoms with Crippen LogP contribution in [0.1, 0.15) is 10.7 Å². The van der Waals surface area contributed by atoms with Crippen LogP contribution in [0.5, 0.6) is 0 Å². The summed E-state index contributed by atoms with van der Waals surface area (Å²) in [6.45, 7) is 1.83. The molecule has 0 aliphatic carbocycles. The van der Waals surface area contributed by atoms with E-state index < -0.39 is 0 Å². The third kappa shape index (κ3) is 2.65. The van der Waals surface area contributed by atoms with Crippen molar-refractivity contribution in [3.8, 4) is 0 Å². The first-order valence-electron chi connectivity index (χ1n) is 4.51. The minimum absolute atomic E-state index is 0.894. The lowest BCUT2D eigenvalue weighted by Crippen LogP contribution is -2.16. The lowest BCUT2D eigenvalue weighted by molar-refractivity contribution is 0.679. The SMILES string of the molecule is c1c[nH]c(CCNCc2cncs2)n1. The van der Waals surface area contributed by atoms with Crippen LogP contribution in [0.15, 0.2) is 24.1 Å². The molecular formula is C9H12N4S. The molecule has 0 saturated carbocycles. The summed E-state index contributed by atoms with van der Waals surface area (Å²) in [5, 5.41) is 3.34. The van der Waals surface area contributed by atoms with Crippen LogP contribution in [0.3, 0.4) is 0 Å². The molecule has 14 heavy (non-hydrogen) atoms. The van der Waals surface area contributed by atoms with Crippen molar-refractivity contribution >= 4 is 11.3 Å². The normalized spacial score (nSPS) is 10.6. The number of hydrogen-bond acceptors (Lipinski definition) is 4. The van der Waals surface area contributed by atoms with Gasteiger partial charge in [0.05, 0.1) is 5.51 Å². The molecule has 0 radical (unpaired) electrons. The average Bonchev–Trinajstić information content (AvgIpc) is 2.86. The van der Waals surface area contributed by atoms with Gasteiger partial charge in [0.2, 0.25) is 0 Å². The Kier molecular flexibility index (Phi) is 3.26. The zero-order valence-electron chi connectivity index (χ0n) is 7.73. The molecule has 0 spiro atoms. The van der Waals surface area contributed by atoms with E-state index in [4.69, 9.17) is 0 Å². The molecule has 0 saturated heterocycles. The van der Waals surface area contributed by atoms with Crippen molar-refractivity contribution in [2.45, 2.75) is 13.0 Å². The van der Waals surface area contributed by atoms with Gasteiger partial charge in [0, 0.05) is 43.0 Å². The quantitative estimate of drug-likeness (QED) is 0.726. The van der Waals surface area contributed by atoms with Gasteiger partial charge < -0.3 is 10.3 Å². The predicted octanol–water partition coefficient (Wildman–Crippen LogP) is 1.20. The van der Waals surface area contributed by atoms with Crippen LogP contribution in [0.25, 0.3) is 0 Å². The van der Waals surface area contributed by atoms with Gasteiger partial charge in [-0.05, 0) is 0 Å². The molecule has 0 fully saturated rings. The van der Waals surface area contributed by atoms with Crippen LogP contribution < -0.4 is 5.32 Å². The Morgan fingerprint density at radius 2 is 2.50 bits per heavy atom. The molecule has 74 valence electrons. The van der Waals surface area contributed by atoms with Crippen molar-refractivity contribution < 1.29 is 0 Å². The molecule has 0 aliphatic heterocycles. The fraction of sp³-hybridized carbons (Fsp3) is 0.333. The van der Waals surface area contributed by atoms with Crippen molar-refractivity contribution in [3.05, 3.63) is 34.8 Å². The van der Waals surface area contributed by atoms with E-state index in [-0.39, 0.29) is 0 Å². The third-order valence-electron chi connectivity index (χ3n) is 1.88. The Labute approximate surface area is 86.4 Å². The van der Waals surface area contributed by atoms with Gasteiger partial charge in [-0.15, -0.1) is 11.3 Å². The second-order valence-electron chi connectivity index (χ2n) is 2.93. The van der Waals surface area contributed by atoms with Crippen molar-refractivity contribution in [3.63, 3.8) is 0 Å². The number of aromatic amines is 1. The molecule has 0 atom stereocenters. The van der Waals surface area contributed by atoms with Crippen molar-refractivity contribution in [2.75, 3.05) is 6.54 Å². The first-order valence-corrected chi connectivity index (χ1v) is 5.39. The number of imidazole rings is 1. The Morgan fingerprint density at radius 1 is 1.50 bits per heavy atom. The minimum atomic E-state index is 0.894. The summed E-state index contributed by atoms with van der Waals surface area (Å²) in [6, 6.07) is 0. The molecule has 2 N–H and O–H groups in total. The van der Waals surface area contributed by atoms with Crippen LogP contribution in [-0.2, 0) is 13.0 Å². The minimum Gasteiger partial charge on any atom is -0.349 e. The summed E-state index contributed by atoms with van der Waals surface area (Å²) >= 11 is 1.67. The highest BCUT2D eigenvalue weighted by molar-refractivity contribution is 7.09. The van der Waals surface area contributed by atoms with Crippen LogP contribution in [0.2, 0.25) is 0 Å². The van der Waals surface area contributed by atoms with Gasteiger partial charge in [-0.25, -0.2) is 4.98 Å². The number of H-pyrrole nitrogens is 1. The number of rotatable bonds is 5. The van der Waals surface area contributed by atoms with Gasteiger partial charge >= 0.3 is 0 Å². The van der Waals surface area contributed by atoms with Crippen molar-refractivity contribution in [1.29, 1.82) is 0 Å². The highest BCUT2D eigenvalue weighted by Gasteiger charge is 1.95. The van der Waals surface area contributed by atoms with E-state index in [9.17, 15) is 0 Å². The number of thiazole rings is 1. The molecule has 2 aromatic rings. The van der Waals surface area contributed by atoms with Gasteiger partial charge in [-0.3, -0.25) is 4.98 Å². The highest BCUT2D eigenvalue weighted by Crippen LogP contribution is 2.03. The molecule has 0 amide bonds. The number of hydrogen-bond donors (Lipinski definition) is 2. The van der Waals surface area contributed by atoms with Gasteiger partial charge in [0.15, 0.2) is 0 Å². The largest absolute Gasteiger partial charge is 0.349 e. The maximum atomic E-state index is 4.15. The van der Waals surface area contributed by atoms with Crippen LogP contribution in [0, 0.1) is 0 Å². The molecule has 0 aromatic carbocycles. The van der Waals surface area contributed by atoms with Crippen LogP contribution in [-0.4, -0.2) is 21.5 Å². The third-order valence-corrected chi connectivity index (χ3v) is 2.66. The number of nitrogens with one attached hydrogen (secondary N) is 2. The zero-order chi connectivity index (χ0) is 9.64. The van der Waals surface area contributed by atoms with E-state index in [1.165, 1.54) is 4.88 Å². The van der Waals surface area contributed by atoms with Crippen LogP contribution >= 0.6 is 11.3 Å². The second kappa shape index (κ2) is 4.88. The topological polar surface area (TPSA) is 53.6 Å². The number of nitrogens with zero attached hydrogens (tertiary/aromatic N) is 2. The molecule has 0 bridgehead atoms. The van der Waals surface area contributed by atoms with E-state index in [0.29, 0.717) is 0 Å². The summed E-state index contributed by atoms with van der Waals surface area (Å²) in [7, 11) is 0. The zero-order valence-corrected chi connectivity index (χ0v) is 8.55. The summed E-state index contributed by atoms with van der Waals surface area (Å²) in [6.07, 6.45) is 6.45. The van der Waals surface area contributed by atoms with E-state index in [1.54, 1.807) is 17.5 Å². The van der Waals surface area contributed by atoms with E-state index in [2.05, 4.69) is 20.3 Å². The van der Waals surface area contributed by atoms with Crippen LogP contribution in [0.4, 0.5) is 0 Å². The van der Waals surface area contributed by atoms with E-state index in [0.717, 1.165) is 25.3 Å². The molecular weight excluding hydrogens is 196 g/mol. The Hall–Kier alpha value is -1.20. The van der Waals surface area contributed by atoms with Crippen molar-refractivity contribution in [1.82, 2.24) is 20.3 Å². The standard InChI is InChI=1S/C9H12N4S/c1(9-12-3-4-13-9)2-10-5-8-6-11-7-14-8/h3-4,6-7,10H,1-2,5H2,(H,12,13). The fourth-order valence-electron chi connectivity index (χ4n) is 1.18. The van der Waals surface area contributed by atoms with Crippen molar-refractivity contribution in [2.24, 2.45) is 0 Å². The van der Waals surface area contributed by atoms with E-state index in [1.807, 2.05) is 17.9 Å². The molecule has 2 heterocycles. The Bertz CT molecular complexity index is 305. The summed E-state index contributed by atoms with van der Waals surface area (Å²) in [5.41, 5.74) is 1.85. The average molecular weight is 208 g/mol. The fourth-order valence-corrected chi connectivity index (χ4v) is 1.75. The summed E-state index contributed by atoms with van der Waals surface area (Å²) < 4.78 is 0. The van der Waals surface area contributed by atoms with Gasteiger partial charge in [-0.2, -0.15) is 0 Å². The first-order chi connectivity index (χ1) is 6.95. The maximum absolute atomic E-state index is 4.15. The summed E-state index contributed by atoms with van der Waals surface area (Å²) in [5.74, 6) is 1.03. The monoisotopic (exact) mass is 208 g/mol.